The summed E-state index contributed by atoms with van der Waals surface area (Å²) in [5, 5.41) is 27.6. The molecule has 0 saturated carbocycles. The summed E-state index contributed by atoms with van der Waals surface area (Å²) >= 11 is 0. The molecule has 0 bridgehead atoms. The average Bonchev–Trinajstić information content (AvgIpc) is 2.97. The quantitative estimate of drug-likeness (QED) is 0.564. The molecule has 116 valence electrons. The topological polar surface area (TPSA) is 118 Å². The number of hydrogen-bond donors (Lipinski definition) is 2. The third kappa shape index (κ3) is 2.35. The number of carboxylic acid groups (broad SMARTS) is 1. The van der Waals surface area contributed by atoms with E-state index in [0.717, 1.165) is 0 Å². The molecule has 0 atom stereocenters. The first-order chi connectivity index (χ1) is 11.0. The van der Waals surface area contributed by atoms with Gasteiger partial charge >= 0.3 is 5.97 Å². The molecular formula is C15H11N3O5. The Bertz CT molecular complexity index is 932. The number of nitro groups is 1. The Balaban J connectivity index is 2.29. The Labute approximate surface area is 129 Å². The number of aromatic amines is 1. The van der Waals surface area contributed by atoms with Crippen LogP contribution >= 0.6 is 0 Å². The number of fused-ring (bicyclic) bond motifs is 1. The summed E-state index contributed by atoms with van der Waals surface area (Å²) in [6.07, 6.45) is 0. The molecule has 8 heteroatoms. The summed E-state index contributed by atoms with van der Waals surface area (Å²) in [6.45, 7) is 0. The fraction of sp³-hybridized carbons (Fsp3) is 0.0667. The highest BCUT2D eigenvalue weighted by atomic mass is 16.6. The molecule has 1 heterocycles. The van der Waals surface area contributed by atoms with E-state index >= 15 is 0 Å². The number of nitro benzene ring substituents is 1. The van der Waals surface area contributed by atoms with Crippen molar-refractivity contribution in [3.63, 3.8) is 0 Å². The van der Waals surface area contributed by atoms with Gasteiger partial charge in [0.25, 0.3) is 5.69 Å². The third-order valence-corrected chi connectivity index (χ3v) is 3.47. The van der Waals surface area contributed by atoms with Crippen molar-refractivity contribution in [2.75, 3.05) is 7.11 Å². The molecule has 2 N–H and O–H groups in total. The molecule has 0 spiro atoms. The first-order valence-corrected chi connectivity index (χ1v) is 6.56. The maximum Gasteiger partial charge on any atom is 0.336 e. The lowest BCUT2D eigenvalue weighted by Crippen LogP contribution is -1.98. The van der Waals surface area contributed by atoms with E-state index in [1.165, 1.54) is 31.4 Å². The van der Waals surface area contributed by atoms with Gasteiger partial charge in [-0.2, -0.15) is 5.10 Å². The summed E-state index contributed by atoms with van der Waals surface area (Å²) < 4.78 is 5.20. The van der Waals surface area contributed by atoms with Gasteiger partial charge in [0.15, 0.2) is 0 Å². The van der Waals surface area contributed by atoms with Crippen LogP contribution in [-0.4, -0.2) is 33.3 Å². The van der Waals surface area contributed by atoms with E-state index in [9.17, 15) is 20.0 Å². The lowest BCUT2D eigenvalue weighted by atomic mass is 10.0. The van der Waals surface area contributed by atoms with E-state index in [1.807, 2.05) is 0 Å². The van der Waals surface area contributed by atoms with E-state index in [2.05, 4.69) is 10.2 Å². The molecule has 0 aliphatic heterocycles. The first-order valence-electron chi connectivity index (χ1n) is 6.56. The van der Waals surface area contributed by atoms with Gasteiger partial charge < -0.3 is 9.84 Å². The molecule has 0 aliphatic carbocycles. The number of nitrogens with one attached hydrogen (secondary N) is 1. The van der Waals surface area contributed by atoms with Crippen molar-refractivity contribution in [2.24, 2.45) is 0 Å². The Kier molecular flexibility index (Phi) is 3.41. The lowest BCUT2D eigenvalue weighted by Gasteiger charge is -2.07. The number of carbonyl (C=O) groups is 1. The highest BCUT2D eigenvalue weighted by Gasteiger charge is 2.20. The summed E-state index contributed by atoms with van der Waals surface area (Å²) in [5.74, 6) is -0.841. The highest BCUT2D eigenvalue weighted by Crippen LogP contribution is 2.36. The zero-order chi connectivity index (χ0) is 16.6. The average molecular weight is 313 g/mol. The van der Waals surface area contributed by atoms with Gasteiger partial charge in [0, 0.05) is 17.0 Å². The predicted molar refractivity (Wildman–Crippen MR) is 81.7 cm³/mol. The zero-order valence-electron chi connectivity index (χ0n) is 11.9. The van der Waals surface area contributed by atoms with Crippen LogP contribution in [0.2, 0.25) is 0 Å². The van der Waals surface area contributed by atoms with Crippen molar-refractivity contribution in [3.8, 4) is 17.0 Å². The van der Waals surface area contributed by atoms with Gasteiger partial charge in [0.1, 0.15) is 11.4 Å². The molecule has 0 saturated heterocycles. The van der Waals surface area contributed by atoms with Crippen molar-refractivity contribution < 1.29 is 19.6 Å². The number of H-pyrrole nitrogens is 1. The number of methoxy groups -OCH3 is 1. The van der Waals surface area contributed by atoms with Crippen molar-refractivity contribution in [3.05, 3.63) is 52.1 Å². The number of carboxylic acids is 1. The van der Waals surface area contributed by atoms with Gasteiger partial charge in [-0.3, -0.25) is 15.2 Å². The first kappa shape index (κ1) is 14.5. The largest absolute Gasteiger partial charge is 0.496 e. The summed E-state index contributed by atoms with van der Waals surface area (Å²) in [6, 6.07) is 8.88. The summed E-state index contributed by atoms with van der Waals surface area (Å²) in [4.78, 5) is 21.8. The lowest BCUT2D eigenvalue weighted by molar-refractivity contribution is -0.384. The standard InChI is InChI=1S/C15H11N3O5/c1-23-12-7-8(18(21)22)5-6-9(12)14-13-10(15(19)20)3-2-4-11(13)16-17-14/h2-7H,1H3,(H,16,17)(H,19,20). The maximum atomic E-state index is 11.4. The monoisotopic (exact) mass is 313 g/mol. The molecular weight excluding hydrogens is 302 g/mol. The van der Waals surface area contributed by atoms with Crippen LogP contribution in [0, 0.1) is 10.1 Å². The molecule has 23 heavy (non-hydrogen) atoms. The SMILES string of the molecule is COc1cc([N+](=O)[O-])ccc1-c1n[nH]c2cccc(C(=O)O)c12. The third-order valence-electron chi connectivity index (χ3n) is 3.47. The van der Waals surface area contributed by atoms with Crippen LogP contribution in [0.5, 0.6) is 5.75 Å². The minimum Gasteiger partial charge on any atom is -0.496 e. The zero-order valence-corrected chi connectivity index (χ0v) is 11.9. The molecule has 3 rings (SSSR count). The minimum atomic E-state index is -1.08. The molecule has 0 unspecified atom stereocenters. The molecule has 0 aliphatic rings. The number of aromatic carboxylic acids is 1. The van der Waals surface area contributed by atoms with E-state index < -0.39 is 10.9 Å². The van der Waals surface area contributed by atoms with E-state index in [-0.39, 0.29) is 17.0 Å². The van der Waals surface area contributed by atoms with Gasteiger partial charge in [-0.05, 0) is 18.2 Å². The second kappa shape index (κ2) is 5.41. The minimum absolute atomic E-state index is 0.0895. The number of non-ortho nitro benzene ring substituents is 1. The Morgan fingerprint density at radius 3 is 2.78 bits per heavy atom. The molecule has 3 aromatic rings. The second-order valence-corrected chi connectivity index (χ2v) is 4.75. The van der Waals surface area contributed by atoms with Gasteiger partial charge in [-0.1, -0.05) is 6.07 Å². The van der Waals surface area contributed by atoms with Gasteiger partial charge in [0.2, 0.25) is 0 Å². The number of hydrogen-bond acceptors (Lipinski definition) is 5. The fourth-order valence-electron chi connectivity index (χ4n) is 2.43. The number of nitrogens with zero attached hydrogens (tertiary/aromatic N) is 2. The number of rotatable bonds is 4. The molecule has 2 aromatic carbocycles. The maximum absolute atomic E-state index is 11.4. The molecule has 1 aromatic heterocycles. The number of ether oxygens (including phenoxy) is 1. The molecule has 0 fully saturated rings. The van der Waals surface area contributed by atoms with Gasteiger partial charge in [-0.25, -0.2) is 4.79 Å². The van der Waals surface area contributed by atoms with Crippen LogP contribution in [0.1, 0.15) is 10.4 Å². The fourth-order valence-corrected chi connectivity index (χ4v) is 2.43. The Morgan fingerprint density at radius 2 is 2.13 bits per heavy atom. The van der Waals surface area contributed by atoms with Crippen LogP contribution in [0.3, 0.4) is 0 Å². The summed E-state index contributed by atoms with van der Waals surface area (Å²) in [5.41, 5.74) is 1.36. The van der Waals surface area contributed by atoms with Crippen LogP contribution in [0.4, 0.5) is 5.69 Å². The Hall–Kier alpha value is -3.42. The Morgan fingerprint density at radius 1 is 1.35 bits per heavy atom. The number of benzene rings is 2. The number of aromatic nitrogens is 2. The van der Waals surface area contributed by atoms with Crippen molar-refractivity contribution >= 4 is 22.6 Å². The van der Waals surface area contributed by atoms with Crippen LogP contribution in [0.15, 0.2) is 36.4 Å². The van der Waals surface area contributed by atoms with E-state index in [4.69, 9.17) is 4.74 Å². The van der Waals surface area contributed by atoms with Gasteiger partial charge in [0.05, 0.1) is 29.2 Å². The molecule has 0 amide bonds. The van der Waals surface area contributed by atoms with Crippen LogP contribution in [-0.2, 0) is 0 Å². The highest BCUT2D eigenvalue weighted by molar-refractivity contribution is 6.08. The van der Waals surface area contributed by atoms with Crippen LogP contribution < -0.4 is 4.74 Å². The second-order valence-electron chi connectivity index (χ2n) is 4.75. The predicted octanol–water partition coefficient (Wildman–Crippen LogP) is 2.84. The van der Waals surface area contributed by atoms with Crippen molar-refractivity contribution in [1.82, 2.24) is 10.2 Å². The molecule has 8 nitrogen and oxygen atoms in total. The van der Waals surface area contributed by atoms with Crippen LogP contribution in [0.25, 0.3) is 22.2 Å². The van der Waals surface area contributed by atoms with E-state index in [1.54, 1.807) is 12.1 Å². The summed E-state index contributed by atoms with van der Waals surface area (Å²) in [7, 11) is 1.38. The molecule has 0 radical (unpaired) electrons. The normalized spacial score (nSPS) is 10.7. The smallest absolute Gasteiger partial charge is 0.336 e. The van der Waals surface area contributed by atoms with E-state index in [0.29, 0.717) is 22.2 Å². The van der Waals surface area contributed by atoms with Crippen molar-refractivity contribution in [2.45, 2.75) is 0 Å². The van der Waals surface area contributed by atoms with Crippen molar-refractivity contribution in [1.29, 1.82) is 0 Å². The van der Waals surface area contributed by atoms with Gasteiger partial charge in [-0.15, -0.1) is 0 Å².